The van der Waals surface area contributed by atoms with E-state index in [1.54, 1.807) is 0 Å². The highest BCUT2D eigenvalue weighted by atomic mass is 16.6. The van der Waals surface area contributed by atoms with E-state index in [4.69, 9.17) is 14.2 Å². The van der Waals surface area contributed by atoms with Gasteiger partial charge in [-0.25, -0.2) is 0 Å². The fourth-order valence-corrected chi connectivity index (χ4v) is 8.36. The summed E-state index contributed by atoms with van der Waals surface area (Å²) in [6.07, 6.45) is 77.6. The van der Waals surface area contributed by atoms with Crippen LogP contribution in [-0.4, -0.2) is 37.2 Å². The van der Waals surface area contributed by atoms with Crippen LogP contribution in [0.25, 0.3) is 0 Å². The Labute approximate surface area is 439 Å². The number of unbranched alkanes of at least 4 members (excludes halogenated alkanes) is 29. The number of hydrogen-bond donors (Lipinski definition) is 0. The number of carbonyl (C=O) groups is 3. The smallest absolute Gasteiger partial charge is 0.306 e. The zero-order valence-corrected chi connectivity index (χ0v) is 46.7. The second-order valence-electron chi connectivity index (χ2n) is 19.9. The predicted octanol–water partition coefficient (Wildman–Crippen LogP) is 20.3. The van der Waals surface area contributed by atoms with E-state index < -0.39 is 6.10 Å². The Morgan fingerprint density at radius 1 is 0.296 bits per heavy atom. The Kier molecular flexibility index (Phi) is 56.3. The Balaban J connectivity index is 4.01. The number of esters is 3. The van der Waals surface area contributed by atoms with Crippen LogP contribution in [0.2, 0.25) is 0 Å². The Hall–Kier alpha value is -3.41. The van der Waals surface area contributed by atoms with E-state index >= 15 is 0 Å². The second-order valence-corrected chi connectivity index (χ2v) is 19.9. The first-order valence-electron chi connectivity index (χ1n) is 30.1. The first kappa shape index (κ1) is 67.6. The highest BCUT2D eigenvalue weighted by molar-refractivity contribution is 5.71. The molecule has 0 aliphatic carbocycles. The number of allylic oxidation sites excluding steroid dienone is 14. The molecule has 0 radical (unpaired) electrons. The van der Waals surface area contributed by atoms with Crippen molar-refractivity contribution >= 4 is 17.9 Å². The SMILES string of the molecule is CC/C=C\C/C=C\C/C=C\C/C=C\C/C=C\CCCCCCCCCCCCCCCCCCCC(=O)OCC(COC(=O)CCCCCCC/C=C\CCC)OC(=O)CCCCCCC/C=C\CCC. The molecule has 1 atom stereocenters. The van der Waals surface area contributed by atoms with Crippen LogP contribution in [0.1, 0.15) is 290 Å². The van der Waals surface area contributed by atoms with Gasteiger partial charge < -0.3 is 14.2 Å². The van der Waals surface area contributed by atoms with Crippen LogP contribution in [-0.2, 0) is 28.6 Å². The van der Waals surface area contributed by atoms with Gasteiger partial charge >= 0.3 is 17.9 Å². The summed E-state index contributed by atoms with van der Waals surface area (Å²) in [4.78, 5) is 37.9. The summed E-state index contributed by atoms with van der Waals surface area (Å²) in [5, 5.41) is 0. The molecule has 0 aromatic carbocycles. The Morgan fingerprint density at radius 2 is 0.549 bits per heavy atom. The summed E-state index contributed by atoms with van der Waals surface area (Å²) in [5.41, 5.74) is 0. The fourth-order valence-electron chi connectivity index (χ4n) is 8.36. The molecule has 71 heavy (non-hydrogen) atoms. The van der Waals surface area contributed by atoms with Crippen molar-refractivity contribution in [3.63, 3.8) is 0 Å². The lowest BCUT2D eigenvalue weighted by Crippen LogP contribution is -2.30. The summed E-state index contributed by atoms with van der Waals surface area (Å²) in [7, 11) is 0. The minimum absolute atomic E-state index is 0.0798. The van der Waals surface area contributed by atoms with Crippen LogP contribution in [0.3, 0.4) is 0 Å². The van der Waals surface area contributed by atoms with Gasteiger partial charge in [-0.1, -0.05) is 254 Å². The molecule has 1 unspecified atom stereocenters. The zero-order valence-electron chi connectivity index (χ0n) is 46.7. The molecule has 0 aliphatic rings. The van der Waals surface area contributed by atoms with Gasteiger partial charge in [0.1, 0.15) is 13.2 Å². The molecule has 0 aromatic rings. The second kappa shape index (κ2) is 59.2. The normalized spacial score (nSPS) is 12.7. The summed E-state index contributed by atoms with van der Waals surface area (Å²) < 4.78 is 16.8. The molecule has 6 heteroatoms. The molecule has 0 saturated heterocycles. The van der Waals surface area contributed by atoms with Gasteiger partial charge in [0.25, 0.3) is 0 Å². The first-order valence-corrected chi connectivity index (χ1v) is 30.1. The molecule has 0 rings (SSSR count). The summed E-state index contributed by atoms with van der Waals surface area (Å²) in [5.74, 6) is -0.896. The van der Waals surface area contributed by atoms with Crippen LogP contribution in [0, 0.1) is 0 Å². The van der Waals surface area contributed by atoms with E-state index in [1.165, 1.54) is 128 Å². The van der Waals surface area contributed by atoms with E-state index in [2.05, 4.69) is 106 Å². The van der Waals surface area contributed by atoms with E-state index in [0.717, 1.165) is 122 Å². The largest absolute Gasteiger partial charge is 0.462 e. The summed E-state index contributed by atoms with van der Waals surface area (Å²) in [6.45, 7) is 6.40. The van der Waals surface area contributed by atoms with Crippen molar-refractivity contribution < 1.29 is 28.6 Å². The molecule has 0 heterocycles. The fraction of sp³-hybridized carbons (Fsp3) is 0.738. The molecule has 0 saturated carbocycles. The van der Waals surface area contributed by atoms with E-state index in [0.29, 0.717) is 19.3 Å². The Morgan fingerprint density at radius 3 is 0.873 bits per heavy atom. The van der Waals surface area contributed by atoms with Crippen molar-refractivity contribution in [1.29, 1.82) is 0 Å². The number of hydrogen-bond acceptors (Lipinski definition) is 6. The van der Waals surface area contributed by atoms with Gasteiger partial charge in [-0.15, -0.1) is 0 Å². The lowest BCUT2D eigenvalue weighted by atomic mass is 10.0. The third-order valence-corrected chi connectivity index (χ3v) is 12.8. The van der Waals surface area contributed by atoms with Crippen LogP contribution in [0.15, 0.2) is 85.1 Å². The molecule has 0 aromatic heterocycles. The molecule has 0 fully saturated rings. The minimum atomic E-state index is -0.780. The standard InChI is InChI=1S/C65H112O6/c1-4-7-10-13-16-19-22-23-24-25-26-27-28-29-30-31-32-33-34-35-36-37-38-39-40-41-42-43-44-47-49-52-55-58-64(67)70-61-62(71-65(68)59-56-53-50-46-21-18-15-12-9-6-3)60-69-63(66)57-54-51-48-45-20-17-14-11-8-5-2/h7,10-12,14-16,19,23-24,26-27,29-30,62H,4-6,8-9,13,17-18,20-22,25,28,31-61H2,1-3H3/b10-7-,14-11-,15-12-,19-16-,24-23-,27-26-,30-29-. The molecule has 0 spiro atoms. The van der Waals surface area contributed by atoms with Gasteiger partial charge in [0.15, 0.2) is 6.10 Å². The van der Waals surface area contributed by atoms with Crippen molar-refractivity contribution in [2.24, 2.45) is 0 Å². The van der Waals surface area contributed by atoms with Gasteiger partial charge in [-0.3, -0.25) is 14.4 Å². The highest BCUT2D eigenvalue weighted by Crippen LogP contribution is 2.16. The van der Waals surface area contributed by atoms with Gasteiger partial charge in [0.2, 0.25) is 0 Å². The van der Waals surface area contributed by atoms with Gasteiger partial charge in [-0.05, 0) is 103 Å². The maximum atomic E-state index is 12.8. The molecular weight excluding hydrogens is 877 g/mol. The molecule has 408 valence electrons. The molecule has 0 bridgehead atoms. The van der Waals surface area contributed by atoms with Crippen LogP contribution >= 0.6 is 0 Å². The van der Waals surface area contributed by atoms with Crippen LogP contribution in [0.4, 0.5) is 0 Å². The number of rotatable bonds is 54. The molecule has 0 N–H and O–H groups in total. The minimum Gasteiger partial charge on any atom is -0.462 e. The van der Waals surface area contributed by atoms with E-state index in [-0.39, 0.29) is 31.1 Å². The average Bonchev–Trinajstić information content (AvgIpc) is 3.37. The molecule has 0 aliphatic heterocycles. The maximum absolute atomic E-state index is 12.8. The Bertz CT molecular complexity index is 1370. The number of ether oxygens (including phenoxy) is 3. The van der Waals surface area contributed by atoms with Crippen LogP contribution < -0.4 is 0 Å². The lowest BCUT2D eigenvalue weighted by molar-refractivity contribution is -0.167. The van der Waals surface area contributed by atoms with E-state index in [9.17, 15) is 14.4 Å². The van der Waals surface area contributed by atoms with Crippen molar-refractivity contribution in [1.82, 2.24) is 0 Å². The lowest BCUT2D eigenvalue weighted by Gasteiger charge is -2.18. The first-order chi connectivity index (χ1) is 35.0. The third-order valence-electron chi connectivity index (χ3n) is 12.8. The van der Waals surface area contributed by atoms with Crippen molar-refractivity contribution in [3.8, 4) is 0 Å². The van der Waals surface area contributed by atoms with Crippen LogP contribution in [0.5, 0.6) is 0 Å². The van der Waals surface area contributed by atoms with Gasteiger partial charge in [-0.2, -0.15) is 0 Å². The topological polar surface area (TPSA) is 78.9 Å². The molecule has 6 nitrogen and oxygen atoms in total. The average molecular weight is 990 g/mol. The third kappa shape index (κ3) is 57.4. The zero-order chi connectivity index (χ0) is 51.4. The van der Waals surface area contributed by atoms with Gasteiger partial charge in [0, 0.05) is 19.3 Å². The van der Waals surface area contributed by atoms with Crippen molar-refractivity contribution in [3.05, 3.63) is 85.1 Å². The summed E-state index contributed by atoms with van der Waals surface area (Å²) in [6, 6.07) is 0. The number of carbonyl (C=O) groups excluding carboxylic acids is 3. The molecular formula is C65H112O6. The van der Waals surface area contributed by atoms with Gasteiger partial charge in [0.05, 0.1) is 0 Å². The molecule has 0 amide bonds. The summed E-state index contributed by atoms with van der Waals surface area (Å²) >= 11 is 0. The van der Waals surface area contributed by atoms with E-state index in [1.807, 2.05) is 0 Å². The quantitative estimate of drug-likeness (QED) is 0.0261. The maximum Gasteiger partial charge on any atom is 0.306 e. The highest BCUT2D eigenvalue weighted by Gasteiger charge is 2.19. The van der Waals surface area contributed by atoms with Crippen molar-refractivity contribution in [2.75, 3.05) is 13.2 Å². The van der Waals surface area contributed by atoms with Crippen molar-refractivity contribution in [2.45, 2.75) is 297 Å². The monoisotopic (exact) mass is 989 g/mol. The predicted molar refractivity (Wildman–Crippen MR) is 307 cm³/mol.